The Morgan fingerprint density at radius 1 is 0.968 bits per heavy atom. The van der Waals surface area contributed by atoms with Crippen molar-refractivity contribution < 1.29 is 4.79 Å². The van der Waals surface area contributed by atoms with Crippen LogP contribution in [0, 0.1) is 6.92 Å². The summed E-state index contributed by atoms with van der Waals surface area (Å²) in [4.78, 5) is 15.8. The van der Waals surface area contributed by atoms with Crippen molar-refractivity contribution >= 4 is 5.91 Å². The van der Waals surface area contributed by atoms with Crippen molar-refractivity contribution in [3.05, 3.63) is 76.5 Å². The summed E-state index contributed by atoms with van der Waals surface area (Å²) in [7, 11) is 0. The zero-order valence-corrected chi connectivity index (χ0v) is 18.7. The molecular formula is C27H31N3O. The number of nitrogens with one attached hydrogen (secondary N) is 1. The van der Waals surface area contributed by atoms with E-state index in [1.165, 1.54) is 36.0 Å². The van der Waals surface area contributed by atoms with Crippen LogP contribution in [0.4, 0.5) is 0 Å². The van der Waals surface area contributed by atoms with E-state index in [1.54, 1.807) is 0 Å². The number of H-pyrrole nitrogens is 1. The molecule has 1 N–H and O–H groups in total. The molecule has 0 bridgehead atoms. The van der Waals surface area contributed by atoms with Crippen LogP contribution in [0.2, 0.25) is 0 Å². The molecular weight excluding hydrogens is 382 g/mol. The molecule has 1 fully saturated rings. The molecule has 1 unspecified atom stereocenters. The van der Waals surface area contributed by atoms with Gasteiger partial charge in [0.05, 0.1) is 11.7 Å². The molecule has 0 radical (unpaired) electrons. The topological polar surface area (TPSA) is 49.0 Å². The fourth-order valence-corrected chi connectivity index (χ4v) is 5.22. The van der Waals surface area contributed by atoms with E-state index >= 15 is 0 Å². The summed E-state index contributed by atoms with van der Waals surface area (Å²) in [6, 6.07) is 17.5. The maximum absolute atomic E-state index is 13.6. The Morgan fingerprint density at radius 3 is 2.29 bits per heavy atom. The Kier molecular flexibility index (Phi) is 5.17. The average molecular weight is 414 g/mol. The number of hydrogen-bond acceptors (Lipinski definition) is 2. The first kappa shape index (κ1) is 20.0. The number of aromatic amines is 1. The monoisotopic (exact) mass is 413 g/mol. The molecule has 4 nitrogen and oxygen atoms in total. The Morgan fingerprint density at radius 2 is 1.65 bits per heavy atom. The summed E-state index contributed by atoms with van der Waals surface area (Å²) in [5, 5.41) is 7.72. The average Bonchev–Trinajstić information content (AvgIpc) is 3.34. The molecule has 2 heterocycles. The van der Waals surface area contributed by atoms with Crippen LogP contribution in [0.25, 0.3) is 11.3 Å². The van der Waals surface area contributed by atoms with Gasteiger partial charge in [-0.05, 0) is 36.8 Å². The van der Waals surface area contributed by atoms with Crippen molar-refractivity contribution in [2.75, 3.05) is 0 Å². The highest BCUT2D eigenvalue weighted by atomic mass is 16.2. The lowest BCUT2D eigenvalue weighted by Crippen LogP contribution is -2.40. The second-order valence-electron chi connectivity index (χ2n) is 9.46. The number of aryl methyl sites for hydroxylation is 1. The summed E-state index contributed by atoms with van der Waals surface area (Å²) in [6.07, 6.45) is 5.84. The number of hydrogen-bond donors (Lipinski definition) is 1. The lowest BCUT2D eigenvalue weighted by Gasteiger charge is -2.36. The normalized spacial score (nSPS) is 19.3. The summed E-state index contributed by atoms with van der Waals surface area (Å²) in [5.41, 5.74) is 7.39. The molecule has 0 spiro atoms. The third-order valence-corrected chi connectivity index (χ3v) is 7.02. The molecule has 1 amide bonds. The molecule has 1 aliphatic carbocycles. The predicted octanol–water partition coefficient (Wildman–Crippen LogP) is 6.39. The van der Waals surface area contributed by atoms with Gasteiger partial charge in [-0.1, -0.05) is 87.2 Å². The van der Waals surface area contributed by atoms with Gasteiger partial charge in [0, 0.05) is 17.2 Å². The van der Waals surface area contributed by atoms with Crippen LogP contribution in [0.15, 0.2) is 48.5 Å². The molecule has 3 aromatic rings. The summed E-state index contributed by atoms with van der Waals surface area (Å²) < 4.78 is 0. The zero-order valence-electron chi connectivity index (χ0n) is 18.7. The predicted molar refractivity (Wildman–Crippen MR) is 124 cm³/mol. The van der Waals surface area contributed by atoms with Gasteiger partial charge in [0.2, 0.25) is 0 Å². The minimum Gasteiger partial charge on any atom is -0.323 e. The Bertz CT molecular complexity index is 1070. The molecule has 1 aromatic heterocycles. The molecule has 1 atom stereocenters. The molecule has 2 aromatic carbocycles. The molecule has 5 rings (SSSR count). The number of nitrogens with zero attached hydrogens (tertiary/aromatic N) is 2. The minimum absolute atomic E-state index is 0.0816. The summed E-state index contributed by atoms with van der Waals surface area (Å²) in [6.45, 7) is 6.52. The number of aromatic nitrogens is 2. The third kappa shape index (κ3) is 3.48. The number of amides is 1. The van der Waals surface area contributed by atoms with Crippen LogP contribution in [0.1, 0.15) is 90.7 Å². The van der Waals surface area contributed by atoms with E-state index in [-0.39, 0.29) is 11.9 Å². The molecule has 4 heteroatoms. The maximum Gasteiger partial charge on any atom is 0.273 e. The van der Waals surface area contributed by atoms with Gasteiger partial charge in [0.1, 0.15) is 5.69 Å². The van der Waals surface area contributed by atoms with Gasteiger partial charge in [0.25, 0.3) is 5.91 Å². The first-order valence-corrected chi connectivity index (χ1v) is 11.6. The highest BCUT2D eigenvalue weighted by molar-refractivity contribution is 6.00. The maximum atomic E-state index is 13.6. The first-order valence-electron chi connectivity index (χ1n) is 11.6. The van der Waals surface area contributed by atoms with Crippen molar-refractivity contribution in [3.8, 4) is 11.3 Å². The number of fused-ring (bicyclic) bond motifs is 1. The van der Waals surface area contributed by atoms with Gasteiger partial charge in [-0.25, -0.2) is 0 Å². The number of carbonyl (C=O) groups excluding carboxylic acids is 1. The second kappa shape index (κ2) is 7.99. The summed E-state index contributed by atoms with van der Waals surface area (Å²) >= 11 is 0. The van der Waals surface area contributed by atoms with Crippen molar-refractivity contribution in [2.45, 2.75) is 70.9 Å². The molecule has 1 aliphatic heterocycles. The van der Waals surface area contributed by atoms with Crippen molar-refractivity contribution in [1.82, 2.24) is 15.1 Å². The van der Waals surface area contributed by atoms with Gasteiger partial charge in [-0.3, -0.25) is 9.89 Å². The van der Waals surface area contributed by atoms with Crippen LogP contribution in [0.5, 0.6) is 0 Å². The highest BCUT2D eigenvalue weighted by Gasteiger charge is 2.45. The van der Waals surface area contributed by atoms with Crippen LogP contribution in [0.3, 0.4) is 0 Å². The van der Waals surface area contributed by atoms with E-state index in [0.717, 1.165) is 29.7 Å². The fourth-order valence-electron chi connectivity index (χ4n) is 5.22. The second-order valence-corrected chi connectivity index (χ2v) is 9.46. The van der Waals surface area contributed by atoms with Gasteiger partial charge < -0.3 is 4.90 Å². The van der Waals surface area contributed by atoms with Gasteiger partial charge in [-0.2, -0.15) is 5.10 Å². The van der Waals surface area contributed by atoms with Crippen molar-refractivity contribution in [2.24, 2.45) is 0 Å². The molecule has 160 valence electrons. The standard InChI is InChI=1S/C27H31N3O/c1-17(2)19-13-15-21(16-14-19)26-23-24(20-11-9-18(3)10-12-20)28-29-25(23)27(31)30(26)22-7-5-4-6-8-22/h9-17,22,26H,4-8H2,1-3H3,(H,28,29). The lowest BCUT2D eigenvalue weighted by atomic mass is 9.90. The van der Waals surface area contributed by atoms with E-state index in [0.29, 0.717) is 17.7 Å². The van der Waals surface area contributed by atoms with E-state index < -0.39 is 0 Å². The van der Waals surface area contributed by atoms with E-state index in [4.69, 9.17) is 0 Å². The zero-order chi connectivity index (χ0) is 21.5. The Balaban J connectivity index is 1.63. The lowest BCUT2D eigenvalue weighted by molar-refractivity contribution is 0.0606. The van der Waals surface area contributed by atoms with Gasteiger partial charge in [-0.15, -0.1) is 0 Å². The number of carbonyl (C=O) groups is 1. The van der Waals surface area contributed by atoms with Gasteiger partial charge in [0.15, 0.2) is 0 Å². The highest BCUT2D eigenvalue weighted by Crippen LogP contribution is 2.45. The number of rotatable bonds is 4. The van der Waals surface area contributed by atoms with Crippen LogP contribution >= 0.6 is 0 Å². The quantitative estimate of drug-likeness (QED) is 0.539. The van der Waals surface area contributed by atoms with E-state index in [1.807, 2.05) is 0 Å². The number of benzene rings is 2. The van der Waals surface area contributed by atoms with Crippen molar-refractivity contribution in [1.29, 1.82) is 0 Å². The third-order valence-electron chi connectivity index (χ3n) is 7.02. The van der Waals surface area contributed by atoms with Crippen LogP contribution in [-0.2, 0) is 0 Å². The minimum atomic E-state index is -0.0816. The Labute approximate surface area is 184 Å². The molecule has 1 saturated carbocycles. The smallest absolute Gasteiger partial charge is 0.273 e. The van der Waals surface area contributed by atoms with E-state index in [9.17, 15) is 4.79 Å². The SMILES string of the molecule is Cc1ccc(-c2n[nH]c3c2C(c2ccc(C(C)C)cc2)N(C2CCCCC2)C3=O)cc1. The first-order chi connectivity index (χ1) is 15.0. The fraction of sp³-hybridized carbons (Fsp3) is 0.407. The van der Waals surface area contributed by atoms with Crippen molar-refractivity contribution in [3.63, 3.8) is 0 Å². The largest absolute Gasteiger partial charge is 0.323 e. The summed E-state index contributed by atoms with van der Waals surface area (Å²) in [5.74, 6) is 0.590. The van der Waals surface area contributed by atoms with Crippen LogP contribution < -0.4 is 0 Å². The Hall–Kier alpha value is -2.88. The van der Waals surface area contributed by atoms with Gasteiger partial charge >= 0.3 is 0 Å². The van der Waals surface area contributed by atoms with E-state index in [2.05, 4.69) is 84.4 Å². The molecule has 0 saturated heterocycles. The molecule has 2 aliphatic rings. The molecule has 31 heavy (non-hydrogen) atoms. The van der Waals surface area contributed by atoms with Crippen LogP contribution in [-0.4, -0.2) is 27.0 Å².